The molecule has 0 saturated heterocycles. The Bertz CT molecular complexity index is 769. The molecule has 0 radical (unpaired) electrons. The summed E-state index contributed by atoms with van der Waals surface area (Å²) in [7, 11) is -5.25. The zero-order chi connectivity index (χ0) is 15.0. The molecule has 2 rings (SSSR count). The summed E-state index contributed by atoms with van der Waals surface area (Å²) >= 11 is 0. The second-order valence-corrected chi connectivity index (χ2v) is 6.06. The molecule has 1 aromatic heterocycles. The highest BCUT2D eigenvalue weighted by molar-refractivity contribution is 7.91. The highest BCUT2D eigenvalue weighted by atomic mass is 32.2. The van der Waals surface area contributed by atoms with Crippen LogP contribution in [0.15, 0.2) is 30.5 Å². The second kappa shape index (κ2) is 4.86. The molecule has 20 heavy (non-hydrogen) atoms. The van der Waals surface area contributed by atoms with E-state index in [1.807, 2.05) is 0 Å². The highest BCUT2D eigenvalue weighted by Crippen LogP contribution is 2.28. The lowest BCUT2D eigenvalue weighted by molar-refractivity contribution is -0.0437. The van der Waals surface area contributed by atoms with Gasteiger partial charge in [-0.25, -0.2) is 8.42 Å². The Kier molecular flexibility index (Phi) is 3.51. The topological polar surface area (TPSA) is 64.1 Å². The first kappa shape index (κ1) is 14.4. The molecule has 0 saturated carbocycles. The first-order valence-corrected chi connectivity index (χ1v) is 7.02. The Hall–Kier alpha value is -1.96. The summed E-state index contributed by atoms with van der Waals surface area (Å²) in [5.74, 6) is -1.17. The van der Waals surface area contributed by atoms with Gasteiger partial charge in [0.1, 0.15) is 5.69 Å². The number of carbonyl (C=O) groups excluding carboxylic acids is 1. The third-order valence-electron chi connectivity index (χ3n) is 2.68. The molecule has 0 aliphatic carbocycles. The summed E-state index contributed by atoms with van der Waals surface area (Å²) in [6.07, 6.45) is 1.85. The maximum absolute atomic E-state index is 12.3. The van der Waals surface area contributed by atoms with Crippen molar-refractivity contribution in [2.24, 2.45) is 0 Å². The maximum atomic E-state index is 12.3. The fourth-order valence-corrected chi connectivity index (χ4v) is 2.51. The van der Waals surface area contributed by atoms with Crippen molar-refractivity contribution in [1.82, 2.24) is 4.98 Å². The SMILES string of the molecule is O=Cc1nccc2ccc(CS(=O)(=O)C(F)(F)F)cc12. The Morgan fingerprint density at radius 3 is 2.50 bits per heavy atom. The number of alkyl halides is 3. The van der Waals surface area contributed by atoms with Gasteiger partial charge in [-0.15, -0.1) is 0 Å². The van der Waals surface area contributed by atoms with Gasteiger partial charge in [-0.2, -0.15) is 13.2 Å². The lowest BCUT2D eigenvalue weighted by Gasteiger charge is -2.09. The largest absolute Gasteiger partial charge is 0.497 e. The van der Waals surface area contributed by atoms with Gasteiger partial charge in [0.25, 0.3) is 9.84 Å². The number of aromatic nitrogens is 1. The summed E-state index contributed by atoms with van der Waals surface area (Å²) in [6.45, 7) is 0. The minimum atomic E-state index is -5.30. The van der Waals surface area contributed by atoms with Crippen molar-refractivity contribution in [1.29, 1.82) is 0 Å². The van der Waals surface area contributed by atoms with E-state index < -0.39 is 21.1 Å². The molecule has 0 fully saturated rings. The third-order valence-corrected chi connectivity index (χ3v) is 4.10. The van der Waals surface area contributed by atoms with E-state index in [0.29, 0.717) is 17.1 Å². The van der Waals surface area contributed by atoms with Crippen LogP contribution < -0.4 is 0 Å². The van der Waals surface area contributed by atoms with E-state index in [4.69, 9.17) is 0 Å². The van der Waals surface area contributed by atoms with Crippen molar-refractivity contribution in [3.05, 3.63) is 41.7 Å². The van der Waals surface area contributed by atoms with Crippen molar-refractivity contribution in [2.75, 3.05) is 0 Å². The molecule has 8 heteroatoms. The first-order valence-electron chi connectivity index (χ1n) is 5.36. The van der Waals surface area contributed by atoms with Crippen molar-refractivity contribution in [3.63, 3.8) is 0 Å². The van der Waals surface area contributed by atoms with E-state index in [2.05, 4.69) is 4.98 Å². The average molecular weight is 303 g/mol. The standard InChI is InChI=1S/C12H8F3NO3S/c13-12(14,15)20(18,19)7-8-1-2-9-3-4-16-11(6-17)10(9)5-8/h1-6H,7H2. The lowest BCUT2D eigenvalue weighted by atomic mass is 10.1. The number of rotatable bonds is 3. The minimum absolute atomic E-state index is 0.0498. The fraction of sp³-hybridized carbons (Fsp3) is 0.167. The quantitative estimate of drug-likeness (QED) is 0.817. The molecule has 1 heterocycles. The molecular weight excluding hydrogens is 295 g/mol. The van der Waals surface area contributed by atoms with E-state index in [-0.39, 0.29) is 11.3 Å². The van der Waals surface area contributed by atoms with Gasteiger partial charge < -0.3 is 0 Å². The first-order chi connectivity index (χ1) is 9.24. The summed E-state index contributed by atoms with van der Waals surface area (Å²) < 4.78 is 59.2. The molecule has 0 N–H and O–H groups in total. The van der Waals surface area contributed by atoms with Crippen LogP contribution in [-0.2, 0) is 15.6 Å². The van der Waals surface area contributed by atoms with Gasteiger partial charge in [0, 0.05) is 11.6 Å². The van der Waals surface area contributed by atoms with E-state index in [1.54, 1.807) is 6.07 Å². The highest BCUT2D eigenvalue weighted by Gasteiger charge is 2.45. The van der Waals surface area contributed by atoms with Gasteiger partial charge in [-0.3, -0.25) is 9.78 Å². The summed E-state index contributed by atoms with van der Waals surface area (Å²) in [5.41, 5.74) is -5.30. The maximum Gasteiger partial charge on any atom is 0.497 e. The molecular formula is C12H8F3NO3S. The van der Waals surface area contributed by atoms with Gasteiger partial charge in [0.2, 0.25) is 0 Å². The number of aldehydes is 1. The van der Waals surface area contributed by atoms with E-state index in [0.717, 1.165) is 0 Å². The second-order valence-electron chi connectivity index (χ2n) is 4.07. The zero-order valence-electron chi connectivity index (χ0n) is 9.89. The predicted octanol–water partition coefficient (Wildman–Crippen LogP) is 2.48. The molecule has 0 amide bonds. The smallest absolute Gasteiger partial charge is 0.296 e. The van der Waals surface area contributed by atoms with E-state index >= 15 is 0 Å². The number of hydrogen-bond acceptors (Lipinski definition) is 4. The monoisotopic (exact) mass is 303 g/mol. The third kappa shape index (κ3) is 2.64. The predicted molar refractivity (Wildman–Crippen MR) is 65.8 cm³/mol. The molecule has 106 valence electrons. The van der Waals surface area contributed by atoms with Gasteiger partial charge in [-0.1, -0.05) is 12.1 Å². The Morgan fingerprint density at radius 1 is 1.20 bits per heavy atom. The van der Waals surface area contributed by atoms with Crippen LogP contribution in [0.1, 0.15) is 16.1 Å². The molecule has 0 aliphatic heterocycles. The fourth-order valence-electron chi connectivity index (χ4n) is 1.72. The van der Waals surface area contributed by atoms with Crippen LogP contribution in [-0.4, -0.2) is 25.2 Å². The number of fused-ring (bicyclic) bond motifs is 1. The number of hydrogen-bond donors (Lipinski definition) is 0. The molecule has 4 nitrogen and oxygen atoms in total. The van der Waals surface area contributed by atoms with Gasteiger partial charge in [0.15, 0.2) is 6.29 Å². The number of sulfone groups is 1. The Balaban J connectivity index is 2.50. The van der Waals surface area contributed by atoms with Crippen LogP contribution in [0.4, 0.5) is 13.2 Å². The van der Waals surface area contributed by atoms with Gasteiger partial charge >= 0.3 is 5.51 Å². The normalized spacial score (nSPS) is 12.6. The van der Waals surface area contributed by atoms with Gasteiger partial charge in [0.05, 0.1) is 5.75 Å². The molecule has 0 atom stereocenters. The summed E-state index contributed by atoms with van der Waals surface area (Å²) in [6, 6.07) is 5.53. The van der Waals surface area contributed by atoms with Crippen LogP contribution in [0.3, 0.4) is 0 Å². The van der Waals surface area contributed by atoms with Crippen molar-refractivity contribution >= 4 is 26.9 Å². The van der Waals surface area contributed by atoms with Crippen LogP contribution >= 0.6 is 0 Å². The van der Waals surface area contributed by atoms with Crippen molar-refractivity contribution < 1.29 is 26.4 Å². The van der Waals surface area contributed by atoms with Crippen molar-refractivity contribution in [3.8, 4) is 0 Å². The van der Waals surface area contributed by atoms with E-state index in [9.17, 15) is 26.4 Å². The van der Waals surface area contributed by atoms with Crippen LogP contribution in [0.25, 0.3) is 10.8 Å². The summed E-state index contributed by atoms with van der Waals surface area (Å²) in [5, 5.41) is 0.910. The van der Waals surface area contributed by atoms with Crippen molar-refractivity contribution in [2.45, 2.75) is 11.3 Å². The van der Waals surface area contributed by atoms with Crippen LogP contribution in [0.5, 0.6) is 0 Å². The molecule has 0 bridgehead atoms. The zero-order valence-corrected chi connectivity index (χ0v) is 10.7. The molecule has 0 aliphatic rings. The summed E-state index contributed by atoms with van der Waals surface area (Å²) in [4.78, 5) is 14.6. The lowest BCUT2D eigenvalue weighted by Crippen LogP contribution is -2.24. The molecule has 1 aromatic carbocycles. The van der Waals surface area contributed by atoms with Crippen LogP contribution in [0, 0.1) is 0 Å². The number of nitrogens with zero attached hydrogens (tertiary/aromatic N) is 1. The average Bonchev–Trinajstić information content (AvgIpc) is 2.36. The van der Waals surface area contributed by atoms with Crippen LogP contribution in [0.2, 0.25) is 0 Å². The minimum Gasteiger partial charge on any atom is -0.296 e. The molecule has 0 spiro atoms. The Morgan fingerprint density at radius 2 is 1.90 bits per heavy atom. The van der Waals surface area contributed by atoms with Gasteiger partial charge in [-0.05, 0) is 23.1 Å². The number of pyridine rings is 1. The molecule has 2 aromatic rings. The Labute approximate surface area is 112 Å². The van der Waals surface area contributed by atoms with E-state index in [1.165, 1.54) is 24.4 Å². The number of carbonyl (C=O) groups is 1. The number of halogens is 3. The number of benzene rings is 1. The molecule has 0 unspecified atom stereocenters.